The van der Waals surface area contributed by atoms with Crippen LogP contribution in [0.1, 0.15) is 21.6 Å². The fourth-order valence-corrected chi connectivity index (χ4v) is 5.85. The minimum absolute atomic E-state index is 0.0308. The second-order valence-electron chi connectivity index (χ2n) is 8.48. The van der Waals surface area contributed by atoms with Crippen LogP contribution in [0.5, 0.6) is 5.75 Å². The van der Waals surface area contributed by atoms with Gasteiger partial charge in [-0.05, 0) is 67.4 Å². The van der Waals surface area contributed by atoms with Gasteiger partial charge in [-0.2, -0.15) is 0 Å². The molecule has 0 spiro atoms. The first-order valence-electron chi connectivity index (χ1n) is 11.2. The maximum atomic E-state index is 15.3. The zero-order valence-corrected chi connectivity index (χ0v) is 21.1. The van der Waals surface area contributed by atoms with Crippen molar-refractivity contribution in [3.8, 4) is 5.75 Å². The molecule has 1 N–H and O–H groups in total. The zero-order chi connectivity index (χ0) is 25.6. The Balaban J connectivity index is 1.54. The first kappa shape index (κ1) is 24.2. The number of carboxylic acid groups (broad SMARTS) is 1. The van der Waals surface area contributed by atoms with Crippen molar-refractivity contribution in [3.05, 3.63) is 82.3 Å². The Bertz CT molecular complexity index is 1530. The van der Waals surface area contributed by atoms with E-state index < -0.39 is 11.8 Å². The molecule has 0 atom stereocenters. The summed E-state index contributed by atoms with van der Waals surface area (Å²) in [5.41, 5.74) is 2.96. The van der Waals surface area contributed by atoms with E-state index >= 15 is 4.39 Å². The molecule has 3 aromatic carbocycles. The summed E-state index contributed by atoms with van der Waals surface area (Å²) in [5, 5.41) is 9.93. The van der Waals surface area contributed by atoms with Crippen LogP contribution in [0, 0.1) is 12.7 Å². The largest absolute Gasteiger partial charge is 0.497 e. The van der Waals surface area contributed by atoms with E-state index in [0.29, 0.717) is 28.9 Å². The Hall–Kier alpha value is -3.49. The number of carbonyl (C=O) groups is 2. The number of rotatable bonds is 6. The van der Waals surface area contributed by atoms with Gasteiger partial charge in [-0.1, -0.05) is 29.4 Å². The van der Waals surface area contributed by atoms with Gasteiger partial charge in [0.2, 0.25) is 5.91 Å². The standard InChI is InChI=1S/C27H22ClFN2O4S/c1-15-26(36-19-5-3-4-17(13-19)27(33)34)20-7-8-21(28)24(29)25(20)31(15)14-23(32)30-11-10-16-12-18(35-2)6-9-22(16)30/h3-9,12-13H,10-11,14H2,1-2H3,(H,33,34). The Morgan fingerprint density at radius 1 is 1.17 bits per heavy atom. The number of carboxylic acids is 1. The van der Waals surface area contributed by atoms with Crippen LogP contribution < -0.4 is 9.64 Å². The van der Waals surface area contributed by atoms with E-state index in [9.17, 15) is 14.7 Å². The van der Waals surface area contributed by atoms with Gasteiger partial charge in [0.1, 0.15) is 12.3 Å². The number of ether oxygens (including phenoxy) is 1. The van der Waals surface area contributed by atoms with E-state index in [1.54, 1.807) is 40.8 Å². The molecule has 184 valence electrons. The molecule has 5 rings (SSSR count). The van der Waals surface area contributed by atoms with Crippen LogP contribution in [0.15, 0.2) is 64.4 Å². The Kier molecular flexibility index (Phi) is 6.40. The normalized spacial score (nSPS) is 12.7. The average Bonchev–Trinajstić information content (AvgIpc) is 3.41. The fraction of sp³-hybridized carbons (Fsp3) is 0.185. The van der Waals surface area contributed by atoms with E-state index in [2.05, 4.69) is 0 Å². The van der Waals surface area contributed by atoms with Gasteiger partial charge in [0, 0.05) is 33.1 Å². The third kappa shape index (κ3) is 4.20. The second-order valence-corrected chi connectivity index (χ2v) is 9.97. The smallest absolute Gasteiger partial charge is 0.335 e. The molecule has 1 aliphatic rings. The van der Waals surface area contributed by atoms with Gasteiger partial charge in [0.05, 0.1) is 23.2 Å². The molecule has 6 nitrogen and oxygen atoms in total. The highest BCUT2D eigenvalue weighted by atomic mass is 35.5. The molecule has 0 saturated heterocycles. The SMILES string of the molecule is COc1ccc2c(c1)CCN2C(=O)Cn1c(C)c(Sc2cccc(C(=O)O)c2)c2ccc(Cl)c(F)c21. The molecular weight excluding hydrogens is 503 g/mol. The molecule has 2 heterocycles. The van der Waals surface area contributed by atoms with E-state index in [4.69, 9.17) is 16.3 Å². The summed E-state index contributed by atoms with van der Waals surface area (Å²) in [5.74, 6) is -1.05. The minimum atomic E-state index is -1.02. The maximum absolute atomic E-state index is 15.3. The van der Waals surface area contributed by atoms with Gasteiger partial charge >= 0.3 is 5.97 Å². The molecule has 0 aliphatic carbocycles. The van der Waals surface area contributed by atoms with Crippen LogP contribution >= 0.6 is 23.4 Å². The molecule has 1 amide bonds. The van der Waals surface area contributed by atoms with Gasteiger partial charge in [0.15, 0.2) is 5.82 Å². The van der Waals surface area contributed by atoms with Gasteiger partial charge in [-0.25, -0.2) is 9.18 Å². The monoisotopic (exact) mass is 524 g/mol. The molecule has 0 saturated carbocycles. The summed E-state index contributed by atoms with van der Waals surface area (Å²) in [6.07, 6.45) is 0.713. The summed E-state index contributed by atoms with van der Waals surface area (Å²) in [6, 6.07) is 15.4. The number of aromatic nitrogens is 1. The lowest BCUT2D eigenvalue weighted by Crippen LogP contribution is -2.32. The van der Waals surface area contributed by atoms with Gasteiger partial charge in [0.25, 0.3) is 0 Å². The van der Waals surface area contributed by atoms with E-state index in [1.807, 2.05) is 25.1 Å². The third-order valence-electron chi connectivity index (χ3n) is 6.39. The second kappa shape index (κ2) is 9.52. The number of carbonyl (C=O) groups excluding carboxylic acids is 1. The van der Waals surface area contributed by atoms with Crippen molar-refractivity contribution >= 4 is 51.8 Å². The number of fused-ring (bicyclic) bond motifs is 2. The van der Waals surface area contributed by atoms with Crippen LogP contribution in [-0.4, -0.2) is 35.2 Å². The molecule has 36 heavy (non-hydrogen) atoms. The van der Waals surface area contributed by atoms with E-state index in [0.717, 1.165) is 21.9 Å². The number of halogens is 2. The number of amides is 1. The number of hydrogen-bond acceptors (Lipinski definition) is 4. The molecule has 1 aromatic heterocycles. The predicted octanol–water partition coefficient (Wildman–Crippen LogP) is 6.19. The quantitative estimate of drug-likeness (QED) is 0.325. The highest BCUT2D eigenvalue weighted by Crippen LogP contribution is 2.41. The van der Waals surface area contributed by atoms with Crippen molar-refractivity contribution in [2.24, 2.45) is 0 Å². The van der Waals surface area contributed by atoms with Gasteiger partial charge in [-0.3, -0.25) is 4.79 Å². The summed E-state index contributed by atoms with van der Waals surface area (Å²) in [7, 11) is 1.60. The molecule has 1 aliphatic heterocycles. The first-order chi connectivity index (χ1) is 17.3. The van der Waals surface area contributed by atoms with Gasteiger partial charge < -0.3 is 19.3 Å². The van der Waals surface area contributed by atoms with Crippen molar-refractivity contribution in [1.29, 1.82) is 0 Å². The molecular formula is C27H22ClFN2O4S. The number of methoxy groups -OCH3 is 1. The maximum Gasteiger partial charge on any atom is 0.335 e. The third-order valence-corrected chi connectivity index (χ3v) is 7.90. The van der Waals surface area contributed by atoms with Crippen molar-refractivity contribution in [2.45, 2.75) is 29.7 Å². The fourth-order valence-electron chi connectivity index (χ4n) is 4.59. The summed E-state index contributed by atoms with van der Waals surface area (Å²) < 4.78 is 22.3. The Morgan fingerprint density at radius 3 is 2.72 bits per heavy atom. The number of hydrogen-bond donors (Lipinski definition) is 1. The summed E-state index contributed by atoms with van der Waals surface area (Å²) in [6.45, 7) is 2.29. The van der Waals surface area contributed by atoms with Crippen LogP contribution in [0.25, 0.3) is 10.9 Å². The van der Waals surface area contributed by atoms with Crippen molar-refractivity contribution in [1.82, 2.24) is 4.57 Å². The van der Waals surface area contributed by atoms with E-state index in [-0.39, 0.29) is 28.6 Å². The van der Waals surface area contributed by atoms with Crippen LogP contribution in [0.3, 0.4) is 0 Å². The average molecular weight is 525 g/mol. The van der Waals surface area contributed by atoms with Crippen molar-refractivity contribution in [2.75, 3.05) is 18.6 Å². The van der Waals surface area contributed by atoms with Crippen LogP contribution in [0.4, 0.5) is 10.1 Å². The van der Waals surface area contributed by atoms with E-state index in [1.165, 1.54) is 23.9 Å². The molecule has 0 radical (unpaired) electrons. The highest BCUT2D eigenvalue weighted by Gasteiger charge is 2.28. The van der Waals surface area contributed by atoms with Gasteiger partial charge in [-0.15, -0.1) is 0 Å². The summed E-state index contributed by atoms with van der Waals surface area (Å²) in [4.78, 5) is 28.0. The molecule has 0 bridgehead atoms. The molecule has 0 fully saturated rings. The number of benzene rings is 3. The lowest BCUT2D eigenvalue weighted by molar-refractivity contribution is -0.119. The highest BCUT2D eigenvalue weighted by molar-refractivity contribution is 7.99. The van der Waals surface area contributed by atoms with Crippen LogP contribution in [0.2, 0.25) is 5.02 Å². The topological polar surface area (TPSA) is 71.8 Å². The lowest BCUT2D eigenvalue weighted by Gasteiger charge is -2.19. The Labute approximate surface area is 216 Å². The lowest BCUT2D eigenvalue weighted by atomic mass is 10.1. The number of anilines is 1. The van der Waals surface area contributed by atoms with Crippen molar-refractivity contribution < 1.29 is 23.8 Å². The first-order valence-corrected chi connectivity index (χ1v) is 12.4. The number of aromatic carboxylic acids is 1. The molecule has 4 aromatic rings. The zero-order valence-electron chi connectivity index (χ0n) is 19.5. The molecule has 9 heteroatoms. The minimum Gasteiger partial charge on any atom is -0.497 e. The van der Waals surface area contributed by atoms with Crippen molar-refractivity contribution in [3.63, 3.8) is 0 Å². The predicted molar refractivity (Wildman–Crippen MR) is 138 cm³/mol. The number of nitrogens with zero attached hydrogens (tertiary/aromatic N) is 2. The molecule has 0 unspecified atom stereocenters. The summed E-state index contributed by atoms with van der Waals surface area (Å²) >= 11 is 7.46. The Morgan fingerprint density at radius 2 is 1.97 bits per heavy atom. The van der Waals surface area contributed by atoms with Crippen LogP contribution in [-0.2, 0) is 17.8 Å².